The number of aliphatic hydroxyl groups excluding tert-OH is 1. The van der Waals surface area contributed by atoms with Gasteiger partial charge in [0, 0.05) is 11.3 Å². The maximum Gasteiger partial charge on any atom is 0.0922 e. The van der Waals surface area contributed by atoms with Crippen LogP contribution in [0.2, 0.25) is 0 Å². The third-order valence-corrected chi connectivity index (χ3v) is 4.14. The number of rotatable bonds is 3. The molecule has 0 spiro atoms. The van der Waals surface area contributed by atoms with Crippen molar-refractivity contribution in [1.82, 2.24) is 0 Å². The van der Waals surface area contributed by atoms with Crippen LogP contribution in [0.4, 0.5) is 0 Å². The van der Waals surface area contributed by atoms with Crippen molar-refractivity contribution in [3.63, 3.8) is 0 Å². The van der Waals surface area contributed by atoms with Crippen LogP contribution in [0.15, 0.2) is 60.0 Å². The Balaban J connectivity index is 1.95. The van der Waals surface area contributed by atoms with Crippen LogP contribution in [0, 0.1) is 0 Å². The topological polar surface area (TPSA) is 20.2 Å². The van der Waals surface area contributed by atoms with E-state index in [2.05, 4.69) is 30.3 Å². The number of fused-ring (bicyclic) bond motifs is 1. The van der Waals surface area contributed by atoms with Crippen molar-refractivity contribution in [3.8, 4) is 0 Å². The second kappa shape index (κ2) is 4.92. The maximum absolute atomic E-state index is 10.2. The molecule has 0 saturated carbocycles. The summed E-state index contributed by atoms with van der Waals surface area (Å²) in [5, 5.41) is 14.7. The van der Waals surface area contributed by atoms with E-state index in [0.29, 0.717) is 6.42 Å². The number of aliphatic hydroxyl groups is 1. The standard InChI is InChI=1S/C16H14OS/c17-15(16-9-4-10-18-16)11-13-7-3-6-12-5-1-2-8-14(12)13/h1-10,15,17H,11H2. The van der Waals surface area contributed by atoms with Gasteiger partial charge in [-0.2, -0.15) is 0 Å². The molecular weight excluding hydrogens is 240 g/mol. The largest absolute Gasteiger partial charge is 0.387 e. The molecule has 0 bridgehead atoms. The molecule has 0 saturated heterocycles. The fourth-order valence-electron chi connectivity index (χ4n) is 2.26. The van der Waals surface area contributed by atoms with Gasteiger partial charge in [-0.3, -0.25) is 0 Å². The molecule has 1 nitrogen and oxygen atoms in total. The van der Waals surface area contributed by atoms with Gasteiger partial charge in [-0.15, -0.1) is 11.3 Å². The predicted octanol–water partition coefficient (Wildman–Crippen LogP) is 4.18. The molecular formula is C16H14OS. The molecule has 0 aliphatic carbocycles. The summed E-state index contributed by atoms with van der Waals surface area (Å²) in [5.74, 6) is 0. The normalized spacial score (nSPS) is 12.7. The van der Waals surface area contributed by atoms with Crippen LogP contribution < -0.4 is 0 Å². The lowest BCUT2D eigenvalue weighted by Gasteiger charge is -2.11. The number of hydrogen-bond donors (Lipinski definition) is 1. The summed E-state index contributed by atoms with van der Waals surface area (Å²) in [6.07, 6.45) is 0.262. The van der Waals surface area contributed by atoms with E-state index in [0.717, 1.165) is 4.88 Å². The highest BCUT2D eigenvalue weighted by atomic mass is 32.1. The van der Waals surface area contributed by atoms with Crippen LogP contribution in [-0.4, -0.2) is 5.11 Å². The highest BCUT2D eigenvalue weighted by Gasteiger charge is 2.11. The zero-order chi connectivity index (χ0) is 12.4. The predicted molar refractivity (Wildman–Crippen MR) is 76.9 cm³/mol. The van der Waals surface area contributed by atoms with Crippen molar-refractivity contribution >= 4 is 22.1 Å². The van der Waals surface area contributed by atoms with Gasteiger partial charge in [-0.25, -0.2) is 0 Å². The minimum atomic E-state index is -0.407. The fourth-order valence-corrected chi connectivity index (χ4v) is 2.97. The third-order valence-electron chi connectivity index (χ3n) is 3.16. The Morgan fingerprint density at radius 1 is 0.944 bits per heavy atom. The highest BCUT2D eigenvalue weighted by molar-refractivity contribution is 7.10. The summed E-state index contributed by atoms with van der Waals surface area (Å²) >= 11 is 1.61. The molecule has 2 heteroatoms. The van der Waals surface area contributed by atoms with Crippen LogP contribution in [0.1, 0.15) is 16.5 Å². The molecule has 1 unspecified atom stereocenters. The van der Waals surface area contributed by atoms with Gasteiger partial charge in [0.1, 0.15) is 0 Å². The Labute approximate surface area is 110 Å². The summed E-state index contributed by atoms with van der Waals surface area (Å²) in [7, 11) is 0. The third kappa shape index (κ3) is 2.17. The molecule has 2 aromatic carbocycles. The Morgan fingerprint density at radius 3 is 2.61 bits per heavy atom. The van der Waals surface area contributed by atoms with E-state index in [4.69, 9.17) is 0 Å². The van der Waals surface area contributed by atoms with Crippen molar-refractivity contribution in [3.05, 3.63) is 70.4 Å². The summed E-state index contributed by atoms with van der Waals surface area (Å²) in [6, 6.07) is 18.5. The minimum Gasteiger partial charge on any atom is -0.387 e. The lowest BCUT2D eigenvalue weighted by atomic mass is 9.99. The molecule has 18 heavy (non-hydrogen) atoms. The summed E-state index contributed by atoms with van der Waals surface area (Å²) in [5.41, 5.74) is 1.20. The number of benzene rings is 2. The molecule has 1 aromatic heterocycles. The summed E-state index contributed by atoms with van der Waals surface area (Å²) in [6.45, 7) is 0. The summed E-state index contributed by atoms with van der Waals surface area (Å²) in [4.78, 5) is 1.03. The van der Waals surface area contributed by atoms with Gasteiger partial charge >= 0.3 is 0 Å². The monoisotopic (exact) mass is 254 g/mol. The Kier molecular flexibility index (Phi) is 3.13. The smallest absolute Gasteiger partial charge is 0.0922 e. The zero-order valence-corrected chi connectivity index (χ0v) is 10.7. The first kappa shape index (κ1) is 11.5. The molecule has 0 amide bonds. The first-order valence-electron chi connectivity index (χ1n) is 6.03. The molecule has 3 aromatic rings. The van der Waals surface area contributed by atoms with Gasteiger partial charge < -0.3 is 5.11 Å². The van der Waals surface area contributed by atoms with E-state index in [1.165, 1.54) is 16.3 Å². The molecule has 90 valence electrons. The lowest BCUT2D eigenvalue weighted by Crippen LogP contribution is -2.00. The van der Waals surface area contributed by atoms with Crippen molar-refractivity contribution < 1.29 is 5.11 Å². The fraction of sp³-hybridized carbons (Fsp3) is 0.125. The van der Waals surface area contributed by atoms with E-state index >= 15 is 0 Å². The van der Waals surface area contributed by atoms with E-state index < -0.39 is 6.10 Å². The lowest BCUT2D eigenvalue weighted by molar-refractivity contribution is 0.182. The highest BCUT2D eigenvalue weighted by Crippen LogP contribution is 2.26. The second-order valence-corrected chi connectivity index (χ2v) is 5.35. The van der Waals surface area contributed by atoms with Crippen molar-refractivity contribution in [2.24, 2.45) is 0 Å². The zero-order valence-electron chi connectivity index (χ0n) is 9.91. The second-order valence-electron chi connectivity index (χ2n) is 4.37. The molecule has 1 heterocycles. The number of hydrogen-bond acceptors (Lipinski definition) is 2. The average Bonchev–Trinajstić information content (AvgIpc) is 2.93. The van der Waals surface area contributed by atoms with Gasteiger partial charge in [0.2, 0.25) is 0 Å². The van der Waals surface area contributed by atoms with E-state index in [1.807, 2.05) is 29.6 Å². The Hall–Kier alpha value is -1.64. The van der Waals surface area contributed by atoms with Gasteiger partial charge in [0.25, 0.3) is 0 Å². The van der Waals surface area contributed by atoms with Crippen molar-refractivity contribution in [1.29, 1.82) is 0 Å². The average molecular weight is 254 g/mol. The van der Waals surface area contributed by atoms with Gasteiger partial charge in [-0.1, -0.05) is 48.5 Å². The maximum atomic E-state index is 10.2. The van der Waals surface area contributed by atoms with Gasteiger partial charge in [0.05, 0.1) is 6.10 Å². The molecule has 1 N–H and O–H groups in total. The molecule has 0 aliphatic heterocycles. The van der Waals surface area contributed by atoms with E-state index in [1.54, 1.807) is 11.3 Å². The Morgan fingerprint density at radius 2 is 1.78 bits per heavy atom. The SMILES string of the molecule is OC(Cc1cccc2ccccc12)c1cccs1. The first-order chi connectivity index (χ1) is 8.84. The minimum absolute atomic E-state index is 0.407. The van der Waals surface area contributed by atoms with Crippen molar-refractivity contribution in [2.45, 2.75) is 12.5 Å². The van der Waals surface area contributed by atoms with Crippen LogP contribution in [0.25, 0.3) is 10.8 Å². The first-order valence-corrected chi connectivity index (χ1v) is 6.90. The molecule has 0 aliphatic rings. The van der Waals surface area contributed by atoms with Gasteiger partial charge in [0.15, 0.2) is 0 Å². The quantitative estimate of drug-likeness (QED) is 0.743. The van der Waals surface area contributed by atoms with Crippen molar-refractivity contribution in [2.75, 3.05) is 0 Å². The Bertz CT molecular complexity index is 638. The molecule has 1 atom stereocenters. The molecule has 0 fully saturated rings. The molecule has 3 rings (SSSR count). The molecule has 0 radical (unpaired) electrons. The van der Waals surface area contributed by atoms with E-state index in [-0.39, 0.29) is 0 Å². The van der Waals surface area contributed by atoms with Crippen LogP contribution in [0.3, 0.4) is 0 Å². The van der Waals surface area contributed by atoms with Crippen LogP contribution >= 0.6 is 11.3 Å². The van der Waals surface area contributed by atoms with Crippen LogP contribution in [0.5, 0.6) is 0 Å². The summed E-state index contributed by atoms with van der Waals surface area (Å²) < 4.78 is 0. The van der Waals surface area contributed by atoms with Crippen LogP contribution in [-0.2, 0) is 6.42 Å². The number of thiophene rings is 1. The van der Waals surface area contributed by atoms with E-state index in [9.17, 15) is 5.11 Å². The van der Waals surface area contributed by atoms with Gasteiger partial charge in [-0.05, 0) is 27.8 Å².